The second-order valence-electron chi connectivity index (χ2n) is 3.61. The van der Waals surface area contributed by atoms with Crippen LogP contribution in [0.2, 0.25) is 5.02 Å². The van der Waals surface area contributed by atoms with Crippen molar-refractivity contribution in [1.82, 2.24) is 14.8 Å². The molecule has 2 aromatic rings. The largest absolute Gasteiger partial charge is 0.398 e. The molecule has 5 nitrogen and oxygen atoms in total. The van der Waals surface area contributed by atoms with Gasteiger partial charge in [-0.15, -0.1) is 5.10 Å². The Hall–Kier alpha value is -1.40. The number of nitrogen functional groups attached to an aromatic ring is 1. The molecule has 0 spiro atoms. The van der Waals surface area contributed by atoms with Gasteiger partial charge in [0, 0.05) is 11.9 Å². The molecule has 3 N–H and O–H groups in total. The molecular weight excluding hydrogens is 260 g/mol. The number of H-pyrrole nitrogens is 1. The van der Waals surface area contributed by atoms with Gasteiger partial charge in [-0.3, -0.25) is 4.57 Å². The quantitative estimate of drug-likeness (QED) is 0.816. The van der Waals surface area contributed by atoms with Crippen LogP contribution in [0, 0.1) is 6.92 Å². The lowest BCUT2D eigenvalue weighted by atomic mass is 10.2. The first kappa shape index (κ1) is 12.1. The zero-order valence-corrected chi connectivity index (χ0v) is 10.9. The molecule has 0 bridgehead atoms. The summed E-state index contributed by atoms with van der Waals surface area (Å²) in [7, 11) is 1.66. The molecule has 7 heteroatoms. The van der Waals surface area contributed by atoms with E-state index in [9.17, 15) is 4.79 Å². The normalized spacial score (nSPS) is 10.8. The van der Waals surface area contributed by atoms with Gasteiger partial charge in [0.2, 0.25) is 0 Å². The number of hydrogen-bond donors (Lipinski definition) is 2. The van der Waals surface area contributed by atoms with E-state index in [-0.39, 0.29) is 5.69 Å². The first-order chi connectivity index (χ1) is 7.99. The molecule has 0 aliphatic heterocycles. The molecule has 0 unspecified atom stereocenters. The zero-order valence-electron chi connectivity index (χ0n) is 9.32. The van der Waals surface area contributed by atoms with Crippen molar-refractivity contribution in [3.8, 4) is 0 Å². The number of aryl methyl sites for hydroxylation is 1. The number of benzene rings is 1. The molecular formula is C10H11ClN4OS. The Balaban J connectivity index is 2.40. The molecule has 1 aromatic heterocycles. The van der Waals surface area contributed by atoms with Crippen LogP contribution >= 0.6 is 23.4 Å². The number of nitrogens with one attached hydrogen (secondary N) is 1. The van der Waals surface area contributed by atoms with Gasteiger partial charge < -0.3 is 5.73 Å². The molecule has 1 aromatic carbocycles. The number of hydrogen-bond acceptors (Lipinski definition) is 4. The van der Waals surface area contributed by atoms with E-state index in [1.54, 1.807) is 19.2 Å². The maximum absolute atomic E-state index is 11.2. The van der Waals surface area contributed by atoms with Crippen molar-refractivity contribution in [2.24, 2.45) is 7.05 Å². The van der Waals surface area contributed by atoms with Crippen molar-refractivity contribution in [2.45, 2.75) is 17.0 Å². The van der Waals surface area contributed by atoms with Crippen molar-refractivity contribution in [1.29, 1.82) is 0 Å². The summed E-state index contributed by atoms with van der Waals surface area (Å²) >= 11 is 7.33. The minimum Gasteiger partial charge on any atom is -0.398 e. The smallest absolute Gasteiger partial charge is 0.343 e. The van der Waals surface area contributed by atoms with Gasteiger partial charge in [-0.1, -0.05) is 11.6 Å². The lowest BCUT2D eigenvalue weighted by molar-refractivity contribution is 0.766. The summed E-state index contributed by atoms with van der Waals surface area (Å²) in [4.78, 5) is 12.1. The van der Waals surface area contributed by atoms with Crippen LogP contribution in [0.25, 0.3) is 0 Å². The Morgan fingerprint density at radius 2 is 2.24 bits per heavy atom. The summed E-state index contributed by atoms with van der Waals surface area (Å²) in [6.45, 7) is 1.93. The predicted octanol–water partition coefficient (Wildman–Crippen LogP) is 1.80. The maximum Gasteiger partial charge on any atom is 0.343 e. The monoisotopic (exact) mass is 270 g/mol. The lowest BCUT2D eigenvalue weighted by Crippen LogP contribution is -2.12. The number of rotatable bonds is 2. The molecule has 2 rings (SSSR count). The second kappa shape index (κ2) is 4.46. The van der Waals surface area contributed by atoms with Crippen molar-refractivity contribution in [2.75, 3.05) is 5.73 Å². The SMILES string of the molecule is Cc1cc(N)c(Cl)cc1Sc1n[nH]c(=O)n1C. The number of anilines is 1. The molecule has 0 radical (unpaired) electrons. The Bertz CT molecular complexity index is 619. The molecule has 17 heavy (non-hydrogen) atoms. The van der Waals surface area contributed by atoms with Crippen LogP contribution in [-0.2, 0) is 7.05 Å². The van der Waals surface area contributed by atoms with Gasteiger partial charge in [0.05, 0.1) is 10.7 Å². The van der Waals surface area contributed by atoms with Gasteiger partial charge in [-0.25, -0.2) is 9.89 Å². The second-order valence-corrected chi connectivity index (χ2v) is 5.03. The minimum atomic E-state index is -0.244. The summed E-state index contributed by atoms with van der Waals surface area (Å²) in [5, 5.41) is 7.38. The third kappa shape index (κ3) is 2.32. The molecule has 90 valence electrons. The summed E-state index contributed by atoms with van der Waals surface area (Å²) in [5.74, 6) is 0. The number of nitrogens with zero attached hydrogens (tertiary/aromatic N) is 2. The Labute approximate surface area is 107 Å². The number of aromatic amines is 1. The van der Waals surface area contributed by atoms with E-state index in [1.165, 1.54) is 16.3 Å². The van der Waals surface area contributed by atoms with Crippen LogP contribution < -0.4 is 11.4 Å². The average Bonchev–Trinajstić information content (AvgIpc) is 2.58. The van der Waals surface area contributed by atoms with Gasteiger partial charge in [0.25, 0.3) is 0 Å². The first-order valence-electron chi connectivity index (χ1n) is 4.84. The van der Waals surface area contributed by atoms with Crippen molar-refractivity contribution >= 4 is 29.1 Å². The van der Waals surface area contributed by atoms with E-state index in [2.05, 4.69) is 10.2 Å². The number of halogens is 1. The van der Waals surface area contributed by atoms with Crippen LogP contribution in [0.15, 0.2) is 27.0 Å². The van der Waals surface area contributed by atoms with Crippen molar-refractivity contribution < 1.29 is 0 Å². The average molecular weight is 271 g/mol. The highest BCUT2D eigenvalue weighted by Gasteiger charge is 2.10. The fraction of sp³-hybridized carbons (Fsp3) is 0.200. The molecule has 1 heterocycles. The predicted molar refractivity (Wildman–Crippen MR) is 68.6 cm³/mol. The van der Waals surface area contributed by atoms with Crippen LogP contribution in [0.1, 0.15) is 5.56 Å². The van der Waals surface area contributed by atoms with Gasteiger partial charge in [-0.2, -0.15) is 0 Å². The topological polar surface area (TPSA) is 76.7 Å². The van der Waals surface area contributed by atoms with Gasteiger partial charge in [-0.05, 0) is 36.4 Å². The van der Waals surface area contributed by atoms with E-state index in [0.717, 1.165) is 10.5 Å². The molecule has 0 saturated carbocycles. The maximum atomic E-state index is 11.2. The molecule has 0 aliphatic rings. The van der Waals surface area contributed by atoms with Crippen LogP contribution in [0.5, 0.6) is 0 Å². The summed E-state index contributed by atoms with van der Waals surface area (Å²) in [6, 6.07) is 3.57. The Morgan fingerprint density at radius 1 is 1.53 bits per heavy atom. The van der Waals surface area contributed by atoms with E-state index < -0.39 is 0 Å². The number of nitrogens with two attached hydrogens (primary N) is 1. The highest BCUT2D eigenvalue weighted by atomic mass is 35.5. The molecule has 0 saturated heterocycles. The van der Waals surface area contributed by atoms with E-state index in [4.69, 9.17) is 17.3 Å². The van der Waals surface area contributed by atoms with E-state index in [0.29, 0.717) is 15.9 Å². The van der Waals surface area contributed by atoms with E-state index in [1.807, 2.05) is 6.92 Å². The van der Waals surface area contributed by atoms with Crippen LogP contribution in [-0.4, -0.2) is 14.8 Å². The van der Waals surface area contributed by atoms with Crippen LogP contribution in [0.4, 0.5) is 5.69 Å². The Kier molecular flexibility index (Phi) is 3.17. The highest BCUT2D eigenvalue weighted by Crippen LogP contribution is 2.33. The zero-order chi connectivity index (χ0) is 12.6. The summed E-state index contributed by atoms with van der Waals surface area (Å²) < 4.78 is 1.44. The van der Waals surface area contributed by atoms with Gasteiger partial charge in [0.15, 0.2) is 5.16 Å². The molecule has 0 fully saturated rings. The third-order valence-electron chi connectivity index (χ3n) is 2.33. The fourth-order valence-electron chi connectivity index (χ4n) is 1.32. The minimum absolute atomic E-state index is 0.244. The van der Waals surface area contributed by atoms with Crippen LogP contribution in [0.3, 0.4) is 0 Å². The highest BCUT2D eigenvalue weighted by molar-refractivity contribution is 7.99. The van der Waals surface area contributed by atoms with Crippen molar-refractivity contribution in [3.05, 3.63) is 33.2 Å². The summed E-state index contributed by atoms with van der Waals surface area (Å²) in [6.07, 6.45) is 0. The standard InChI is InChI=1S/C10H11ClN4OS/c1-5-3-7(12)6(11)4-8(5)17-10-14-13-9(16)15(10)2/h3-4H,12H2,1-2H3,(H,13,16). The molecule has 0 atom stereocenters. The van der Waals surface area contributed by atoms with Crippen molar-refractivity contribution in [3.63, 3.8) is 0 Å². The molecule has 0 aliphatic carbocycles. The molecule has 0 amide bonds. The Morgan fingerprint density at radius 3 is 2.82 bits per heavy atom. The van der Waals surface area contributed by atoms with E-state index >= 15 is 0 Å². The lowest BCUT2D eigenvalue weighted by Gasteiger charge is -2.07. The fourth-order valence-corrected chi connectivity index (χ4v) is 2.45. The summed E-state index contributed by atoms with van der Waals surface area (Å²) in [5.41, 5.74) is 6.99. The first-order valence-corrected chi connectivity index (χ1v) is 6.03. The number of aromatic nitrogens is 3. The van der Waals surface area contributed by atoms with Gasteiger partial charge >= 0.3 is 5.69 Å². The van der Waals surface area contributed by atoms with Gasteiger partial charge in [0.1, 0.15) is 0 Å². The third-order valence-corrected chi connectivity index (χ3v) is 3.87.